The smallest absolute Gasteiger partial charge is 0.122 e. The van der Waals surface area contributed by atoms with Crippen LogP contribution in [0, 0.1) is 0 Å². The van der Waals surface area contributed by atoms with Gasteiger partial charge >= 0.3 is 0 Å². The van der Waals surface area contributed by atoms with E-state index in [4.69, 9.17) is 15.2 Å². The summed E-state index contributed by atoms with van der Waals surface area (Å²) in [5.41, 5.74) is 6.73. The van der Waals surface area contributed by atoms with Crippen LogP contribution in [0.2, 0.25) is 0 Å². The normalized spacial score (nSPS) is 12.7. The first-order chi connectivity index (χ1) is 8.65. The monoisotopic (exact) mass is 251 g/mol. The van der Waals surface area contributed by atoms with Gasteiger partial charge in [-0.3, -0.25) is 0 Å². The first kappa shape index (κ1) is 15.0. The van der Waals surface area contributed by atoms with Crippen LogP contribution in [0.1, 0.15) is 38.7 Å². The Balaban J connectivity index is 2.31. The molecule has 0 spiro atoms. The highest BCUT2D eigenvalue weighted by Gasteiger charge is 2.06. The van der Waals surface area contributed by atoms with E-state index in [1.807, 2.05) is 25.1 Å². The van der Waals surface area contributed by atoms with Gasteiger partial charge in [0.1, 0.15) is 5.75 Å². The van der Waals surface area contributed by atoms with E-state index in [2.05, 4.69) is 19.9 Å². The van der Waals surface area contributed by atoms with Crippen LogP contribution >= 0.6 is 0 Å². The fourth-order valence-corrected chi connectivity index (χ4v) is 1.68. The van der Waals surface area contributed by atoms with Gasteiger partial charge in [-0.2, -0.15) is 0 Å². The third-order valence-corrected chi connectivity index (χ3v) is 2.82. The Morgan fingerprint density at radius 3 is 2.50 bits per heavy atom. The lowest BCUT2D eigenvalue weighted by molar-refractivity contribution is 0.0630. The zero-order valence-electron chi connectivity index (χ0n) is 11.7. The highest BCUT2D eigenvalue weighted by Crippen LogP contribution is 2.25. The Morgan fingerprint density at radius 1 is 1.11 bits per heavy atom. The molecule has 0 amide bonds. The Bertz CT molecular complexity index is 339. The van der Waals surface area contributed by atoms with Gasteiger partial charge in [-0.1, -0.05) is 32.0 Å². The number of para-hydroxylation sites is 1. The first-order valence-corrected chi connectivity index (χ1v) is 6.68. The van der Waals surface area contributed by atoms with Crippen LogP contribution in [0.25, 0.3) is 0 Å². The molecule has 3 nitrogen and oxygen atoms in total. The molecule has 0 aliphatic heterocycles. The SMILES string of the molecule is CC(CN)OCCCOc1ccccc1C(C)C. The Morgan fingerprint density at radius 2 is 1.83 bits per heavy atom. The second-order valence-corrected chi connectivity index (χ2v) is 4.81. The maximum atomic E-state index is 5.80. The molecule has 0 bridgehead atoms. The van der Waals surface area contributed by atoms with Gasteiger partial charge in [-0.15, -0.1) is 0 Å². The Hall–Kier alpha value is -1.06. The van der Waals surface area contributed by atoms with Gasteiger partial charge in [-0.25, -0.2) is 0 Å². The van der Waals surface area contributed by atoms with Gasteiger partial charge in [0.15, 0.2) is 0 Å². The molecule has 1 atom stereocenters. The molecule has 3 heteroatoms. The highest BCUT2D eigenvalue weighted by atomic mass is 16.5. The molecule has 0 saturated carbocycles. The number of benzene rings is 1. The molecule has 0 aromatic heterocycles. The summed E-state index contributed by atoms with van der Waals surface area (Å²) < 4.78 is 11.3. The van der Waals surface area contributed by atoms with Crippen molar-refractivity contribution in [3.05, 3.63) is 29.8 Å². The fraction of sp³-hybridized carbons (Fsp3) is 0.600. The van der Waals surface area contributed by atoms with Crippen LogP contribution in [0.3, 0.4) is 0 Å². The van der Waals surface area contributed by atoms with E-state index in [1.165, 1.54) is 5.56 Å². The van der Waals surface area contributed by atoms with Crippen molar-refractivity contribution in [1.29, 1.82) is 0 Å². The molecule has 0 aliphatic rings. The maximum absolute atomic E-state index is 5.80. The van der Waals surface area contributed by atoms with Crippen LogP contribution in [0.4, 0.5) is 0 Å². The second-order valence-electron chi connectivity index (χ2n) is 4.81. The molecule has 0 aliphatic carbocycles. The van der Waals surface area contributed by atoms with E-state index in [9.17, 15) is 0 Å². The summed E-state index contributed by atoms with van der Waals surface area (Å²) in [4.78, 5) is 0. The highest BCUT2D eigenvalue weighted by molar-refractivity contribution is 5.35. The quantitative estimate of drug-likeness (QED) is 0.722. The number of rotatable bonds is 8. The van der Waals surface area contributed by atoms with E-state index < -0.39 is 0 Å². The molecule has 0 fully saturated rings. The van der Waals surface area contributed by atoms with Gasteiger partial charge < -0.3 is 15.2 Å². The first-order valence-electron chi connectivity index (χ1n) is 6.68. The summed E-state index contributed by atoms with van der Waals surface area (Å²) in [5, 5.41) is 0. The second kappa shape index (κ2) is 8.11. The van der Waals surface area contributed by atoms with Crippen molar-refractivity contribution < 1.29 is 9.47 Å². The van der Waals surface area contributed by atoms with Crippen molar-refractivity contribution in [3.8, 4) is 5.75 Å². The summed E-state index contributed by atoms with van der Waals surface area (Å²) in [5.74, 6) is 1.47. The van der Waals surface area contributed by atoms with Crippen LogP contribution < -0.4 is 10.5 Å². The lowest BCUT2D eigenvalue weighted by atomic mass is 10.0. The van der Waals surface area contributed by atoms with E-state index in [0.29, 0.717) is 25.7 Å². The topological polar surface area (TPSA) is 44.5 Å². The van der Waals surface area contributed by atoms with Crippen molar-refractivity contribution in [2.45, 2.75) is 39.2 Å². The summed E-state index contributed by atoms with van der Waals surface area (Å²) in [6.45, 7) is 8.28. The van der Waals surface area contributed by atoms with E-state index in [0.717, 1.165) is 12.2 Å². The largest absolute Gasteiger partial charge is 0.493 e. The molecule has 1 unspecified atom stereocenters. The van der Waals surface area contributed by atoms with Gasteiger partial charge in [0.2, 0.25) is 0 Å². The molecule has 1 rings (SSSR count). The fourth-order valence-electron chi connectivity index (χ4n) is 1.68. The molecule has 0 radical (unpaired) electrons. The lowest BCUT2D eigenvalue weighted by Gasteiger charge is -2.14. The number of nitrogens with two attached hydrogens (primary N) is 1. The van der Waals surface area contributed by atoms with Crippen LogP contribution in [0.5, 0.6) is 5.75 Å². The third kappa shape index (κ3) is 5.07. The summed E-state index contributed by atoms with van der Waals surface area (Å²) in [6.07, 6.45) is 1.02. The van der Waals surface area contributed by atoms with E-state index in [1.54, 1.807) is 0 Å². The van der Waals surface area contributed by atoms with E-state index >= 15 is 0 Å². The summed E-state index contributed by atoms with van der Waals surface area (Å²) >= 11 is 0. The standard InChI is InChI=1S/C15H25NO2/c1-12(2)14-7-4-5-8-15(14)18-10-6-9-17-13(3)11-16/h4-5,7-8,12-13H,6,9-11,16H2,1-3H3. The average molecular weight is 251 g/mol. The minimum absolute atomic E-state index is 0.132. The van der Waals surface area contributed by atoms with Gasteiger partial charge in [0.25, 0.3) is 0 Å². The van der Waals surface area contributed by atoms with Crippen LogP contribution in [-0.4, -0.2) is 25.9 Å². The van der Waals surface area contributed by atoms with Gasteiger partial charge in [0, 0.05) is 13.0 Å². The molecule has 0 heterocycles. The third-order valence-electron chi connectivity index (χ3n) is 2.82. The molecule has 1 aromatic rings. The Labute approximate surface area is 110 Å². The number of hydrogen-bond donors (Lipinski definition) is 1. The average Bonchev–Trinajstić information content (AvgIpc) is 2.38. The zero-order valence-corrected chi connectivity index (χ0v) is 11.7. The van der Waals surface area contributed by atoms with E-state index in [-0.39, 0.29) is 6.10 Å². The Kier molecular flexibility index (Phi) is 6.76. The van der Waals surface area contributed by atoms with Crippen molar-refractivity contribution in [2.24, 2.45) is 5.73 Å². The molecule has 0 saturated heterocycles. The van der Waals surface area contributed by atoms with Crippen molar-refractivity contribution in [3.63, 3.8) is 0 Å². The van der Waals surface area contributed by atoms with Crippen molar-refractivity contribution >= 4 is 0 Å². The number of ether oxygens (including phenoxy) is 2. The zero-order chi connectivity index (χ0) is 13.4. The van der Waals surface area contributed by atoms with Gasteiger partial charge in [-0.05, 0) is 24.5 Å². The summed E-state index contributed by atoms with van der Waals surface area (Å²) in [6, 6.07) is 8.20. The van der Waals surface area contributed by atoms with Crippen LogP contribution in [0.15, 0.2) is 24.3 Å². The number of hydrogen-bond acceptors (Lipinski definition) is 3. The maximum Gasteiger partial charge on any atom is 0.122 e. The minimum Gasteiger partial charge on any atom is -0.493 e. The van der Waals surface area contributed by atoms with Crippen LogP contribution in [-0.2, 0) is 4.74 Å². The predicted molar refractivity (Wildman–Crippen MR) is 75.1 cm³/mol. The predicted octanol–water partition coefficient (Wildman–Crippen LogP) is 2.94. The molecule has 2 N–H and O–H groups in total. The molecule has 18 heavy (non-hydrogen) atoms. The minimum atomic E-state index is 0.132. The lowest BCUT2D eigenvalue weighted by Crippen LogP contribution is -2.21. The molecular weight excluding hydrogens is 226 g/mol. The summed E-state index contributed by atoms with van der Waals surface area (Å²) in [7, 11) is 0. The molecular formula is C15H25NO2. The van der Waals surface area contributed by atoms with Crippen molar-refractivity contribution in [1.82, 2.24) is 0 Å². The van der Waals surface area contributed by atoms with Crippen molar-refractivity contribution in [2.75, 3.05) is 19.8 Å². The van der Waals surface area contributed by atoms with Gasteiger partial charge in [0.05, 0.1) is 19.3 Å². The molecule has 102 valence electrons. The molecule has 1 aromatic carbocycles.